The Bertz CT molecular complexity index is 378. The first-order valence-electron chi connectivity index (χ1n) is 6.40. The van der Waals surface area contributed by atoms with Crippen LogP contribution in [-0.4, -0.2) is 26.9 Å². The molecule has 1 aliphatic rings. The van der Waals surface area contributed by atoms with Crippen LogP contribution in [0.2, 0.25) is 0 Å². The number of benzene rings is 1. The monoisotopic (exact) mass is 313 g/mol. The summed E-state index contributed by atoms with van der Waals surface area (Å²) in [6.45, 7) is 3.81. The Morgan fingerprint density at radius 2 is 2.17 bits per heavy atom. The molecule has 3 nitrogen and oxygen atoms in total. The van der Waals surface area contributed by atoms with Gasteiger partial charge in [0.15, 0.2) is 0 Å². The van der Waals surface area contributed by atoms with Crippen LogP contribution in [-0.2, 0) is 11.3 Å². The Kier molecular flexibility index (Phi) is 5.47. The highest BCUT2D eigenvalue weighted by Crippen LogP contribution is 2.25. The molecule has 0 aliphatic carbocycles. The van der Waals surface area contributed by atoms with E-state index < -0.39 is 0 Å². The quantitative estimate of drug-likeness (QED) is 0.906. The van der Waals surface area contributed by atoms with Crippen molar-refractivity contribution in [1.29, 1.82) is 0 Å². The second-order valence-electron chi connectivity index (χ2n) is 4.66. The molecule has 1 N–H and O–H groups in total. The molecule has 1 aliphatic heterocycles. The topological polar surface area (TPSA) is 30.5 Å². The van der Waals surface area contributed by atoms with Crippen molar-refractivity contribution < 1.29 is 9.47 Å². The van der Waals surface area contributed by atoms with E-state index in [9.17, 15) is 0 Å². The van der Waals surface area contributed by atoms with Crippen molar-refractivity contribution in [2.24, 2.45) is 5.92 Å². The molecule has 0 atom stereocenters. The Morgan fingerprint density at radius 1 is 1.39 bits per heavy atom. The second-order valence-corrected chi connectivity index (χ2v) is 5.51. The predicted molar refractivity (Wildman–Crippen MR) is 75.9 cm³/mol. The normalized spacial score (nSPS) is 16.8. The van der Waals surface area contributed by atoms with Crippen molar-refractivity contribution in [3.05, 3.63) is 28.2 Å². The van der Waals surface area contributed by atoms with Gasteiger partial charge in [-0.05, 0) is 58.9 Å². The number of hydrogen-bond donors (Lipinski definition) is 1. The summed E-state index contributed by atoms with van der Waals surface area (Å²) >= 11 is 3.51. The van der Waals surface area contributed by atoms with E-state index in [0.717, 1.165) is 42.4 Å². The molecular weight excluding hydrogens is 294 g/mol. The van der Waals surface area contributed by atoms with Crippen LogP contribution in [0.3, 0.4) is 0 Å². The minimum Gasteiger partial charge on any atom is -0.496 e. The summed E-state index contributed by atoms with van der Waals surface area (Å²) in [6.07, 6.45) is 2.36. The largest absolute Gasteiger partial charge is 0.496 e. The van der Waals surface area contributed by atoms with Gasteiger partial charge >= 0.3 is 0 Å². The SMILES string of the molecule is COc1ccc(CNCC2CCOCC2)cc1Br. The van der Waals surface area contributed by atoms with E-state index in [1.807, 2.05) is 6.07 Å². The lowest BCUT2D eigenvalue weighted by molar-refractivity contribution is 0.0662. The molecule has 4 heteroatoms. The summed E-state index contributed by atoms with van der Waals surface area (Å²) in [5.74, 6) is 1.64. The molecule has 100 valence electrons. The van der Waals surface area contributed by atoms with Gasteiger partial charge in [-0.2, -0.15) is 0 Å². The van der Waals surface area contributed by atoms with Crippen LogP contribution in [0.1, 0.15) is 18.4 Å². The first-order valence-corrected chi connectivity index (χ1v) is 7.20. The molecule has 0 spiro atoms. The van der Waals surface area contributed by atoms with Crippen molar-refractivity contribution in [3.63, 3.8) is 0 Å². The van der Waals surface area contributed by atoms with Crippen molar-refractivity contribution in [2.45, 2.75) is 19.4 Å². The number of nitrogens with one attached hydrogen (secondary N) is 1. The molecule has 1 heterocycles. The van der Waals surface area contributed by atoms with Gasteiger partial charge in [-0.3, -0.25) is 0 Å². The highest BCUT2D eigenvalue weighted by molar-refractivity contribution is 9.10. The Labute approximate surface area is 117 Å². The van der Waals surface area contributed by atoms with Crippen molar-refractivity contribution in [1.82, 2.24) is 5.32 Å². The third kappa shape index (κ3) is 3.97. The van der Waals surface area contributed by atoms with Gasteiger partial charge in [0.1, 0.15) is 5.75 Å². The molecule has 1 fully saturated rings. The number of ether oxygens (including phenoxy) is 2. The maximum absolute atomic E-state index is 5.36. The number of methoxy groups -OCH3 is 1. The Morgan fingerprint density at radius 3 is 2.83 bits per heavy atom. The van der Waals surface area contributed by atoms with Gasteiger partial charge in [-0.25, -0.2) is 0 Å². The highest BCUT2D eigenvalue weighted by Gasteiger charge is 2.12. The lowest BCUT2D eigenvalue weighted by Gasteiger charge is -2.22. The smallest absolute Gasteiger partial charge is 0.133 e. The highest BCUT2D eigenvalue weighted by atomic mass is 79.9. The van der Waals surface area contributed by atoms with E-state index >= 15 is 0 Å². The van der Waals surface area contributed by atoms with E-state index in [2.05, 4.69) is 33.4 Å². The standard InChI is InChI=1S/C14H20BrNO2/c1-17-14-3-2-12(8-13(14)15)10-16-9-11-4-6-18-7-5-11/h2-3,8,11,16H,4-7,9-10H2,1H3. The summed E-state index contributed by atoms with van der Waals surface area (Å²) in [5, 5.41) is 3.52. The maximum Gasteiger partial charge on any atom is 0.133 e. The minimum absolute atomic E-state index is 0.764. The Hall–Kier alpha value is -0.580. The van der Waals surface area contributed by atoms with Gasteiger partial charge in [0.25, 0.3) is 0 Å². The van der Waals surface area contributed by atoms with Crippen LogP contribution in [0.25, 0.3) is 0 Å². The summed E-state index contributed by atoms with van der Waals surface area (Å²) in [5.41, 5.74) is 1.27. The van der Waals surface area contributed by atoms with Gasteiger partial charge in [-0.15, -0.1) is 0 Å². The van der Waals surface area contributed by atoms with Crippen molar-refractivity contribution in [3.8, 4) is 5.75 Å². The fourth-order valence-corrected chi connectivity index (χ4v) is 2.78. The molecule has 1 aromatic carbocycles. The molecule has 0 unspecified atom stereocenters. The maximum atomic E-state index is 5.36. The number of hydrogen-bond acceptors (Lipinski definition) is 3. The van der Waals surface area contributed by atoms with Crippen LogP contribution in [0.15, 0.2) is 22.7 Å². The molecule has 0 saturated carbocycles. The van der Waals surface area contributed by atoms with Crippen LogP contribution < -0.4 is 10.1 Å². The van der Waals surface area contributed by atoms with E-state index in [1.165, 1.54) is 18.4 Å². The lowest BCUT2D eigenvalue weighted by Crippen LogP contribution is -2.27. The number of halogens is 1. The van der Waals surface area contributed by atoms with E-state index in [0.29, 0.717) is 0 Å². The van der Waals surface area contributed by atoms with Gasteiger partial charge < -0.3 is 14.8 Å². The third-order valence-electron chi connectivity index (χ3n) is 3.32. The molecule has 0 radical (unpaired) electrons. The fraction of sp³-hybridized carbons (Fsp3) is 0.571. The molecule has 1 aromatic rings. The third-order valence-corrected chi connectivity index (χ3v) is 3.94. The molecule has 2 rings (SSSR count). The molecule has 0 amide bonds. The summed E-state index contributed by atoms with van der Waals surface area (Å²) in [7, 11) is 1.68. The Balaban J connectivity index is 1.77. The average Bonchev–Trinajstić information content (AvgIpc) is 2.40. The van der Waals surface area contributed by atoms with Gasteiger partial charge in [0, 0.05) is 19.8 Å². The van der Waals surface area contributed by atoms with Crippen LogP contribution >= 0.6 is 15.9 Å². The van der Waals surface area contributed by atoms with Crippen LogP contribution in [0, 0.1) is 5.92 Å². The van der Waals surface area contributed by atoms with Gasteiger partial charge in [0.05, 0.1) is 11.6 Å². The van der Waals surface area contributed by atoms with E-state index in [1.54, 1.807) is 7.11 Å². The van der Waals surface area contributed by atoms with E-state index in [4.69, 9.17) is 9.47 Å². The zero-order valence-corrected chi connectivity index (χ0v) is 12.3. The molecular formula is C14H20BrNO2. The van der Waals surface area contributed by atoms with Gasteiger partial charge in [0.2, 0.25) is 0 Å². The minimum atomic E-state index is 0.764. The average molecular weight is 314 g/mol. The van der Waals surface area contributed by atoms with Crippen LogP contribution in [0.5, 0.6) is 5.75 Å². The molecule has 0 bridgehead atoms. The van der Waals surface area contributed by atoms with Gasteiger partial charge in [-0.1, -0.05) is 6.07 Å². The lowest BCUT2D eigenvalue weighted by atomic mass is 10.0. The van der Waals surface area contributed by atoms with Crippen LogP contribution in [0.4, 0.5) is 0 Å². The summed E-state index contributed by atoms with van der Waals surface area (Å²) < 4.78 is 11.6. The predicted octanol–water partition coefficient (Wildman–Crippen LogP) is 2.97. The van der Waals surface area contributed by atoms with Crippen molar-refractivity contribution >= 4 is 15.9 Å². The fourth-order valence-electron chi connectivity index (χ4n) is 2.19. The zero-order valence-electron chi connectivity index (χ0n) is 10.7. The zero-order chi connectivity index (χ0) is 12.8. The molecule has 18 heavy (non-hydrogen) atoms. The first kappa shape index (κ1) is 13.8. The van der Waals surface area contributed by atoms with Crippen molar-refractivity contribution in [2.75, 3.05) is 26.9 Å². The second kappa shape index (κ2) is 7.12. The summed E-state index contributed by atoms with van der Waals surface area (Å²) in [6, 6.07) is 6.20. The number of rotatable bonds is 5. The summed E-state index contributed by atoms with van der Waals surface area (Å²) in [4.78, 5) is 0. The van der Waals surface area contributed by atoms with E-state index in [-0.39, 0.29) is 0 Å². The molecule has 0 aromatic heterocycles. The first-order chi connectivity index (χ1) is 8.79. The molecule has 1 saturated heterocycles.